The van der Waals surface area contributed by atoms with Gasteiger partial charge in [-0.3, -0.25) is 4.79 Å². The molecule has 2 aromatic rings. The summed E-state index contributed by atoms with van der Waals surface area (Å²) in [5, 5.41) is 8.10. The molecule has 0 radical (unpaired) electrons. The summed E-state index contributed by atoms with van der Waals surface area (Å²) in [5.41, 5.74) is 3.21. The van der Waals surface area contributed by atoms with Crippen LogP contribution in [0, 0.1) is 19.8 Å². The van der Waals surface area contributed by atoms with Gasteiger partial charge < -0.3 is 10.6 Å². The normalized spacial score (nSPS) is 18.7. The lowest BCUT2D eigenvalue weighted by molar-refractivity contribution is 0.0927. The molecule has 2 fully saturated rings. The Morgan fingerprint density at radius 2 is 1.97 bits per heavy atom. The first-order valence-electron chi connectivity index (χ1n) is 11.2. The van der Waals surface area contributed by atoms with Crippen LogP contribution in [0.15, 0.2) is 24.3 Å². The minimum Gasteiger partial charge on any atom is -0.317 e. The Balaban J connectivity index is 1.51. The summed E-state index contributed by atoms with van der Waals surface area (Å²) < 4.78 is 0. The van der Waals surface area contributed by atoms with Crippen molar-refractivity contribution in [3.05, 3.63) is 40.4 Å². The van der Waals surface area contributed by atoms with Gasteiger partial charge in [0, 0.05) is 11.6 Å². The first-order chi connectivity index (χ1) is 14.1. The van der Waals surface area contributed by atoms with E-state index in [4.69, 9.17) is 4.98 Å². The number of carbonyl (C=O) groups is 1. The van der Waals surface area contributed by atoms with Gasteiger partial charge in [0.2, 0.25) is 0 Å². The molecule has 5 heteroatoms. The standard InChI is InChI=1S/C24H33N3OS/c1-16-6-3-4-8-20(16)24-26-17(2)23(29-24)22(28)21(9-5-7-18-10-11-18)27-19-12-14-25-15-13-19/h3-4,6,8,18-19,21,25,27H,5,7,9-15H2,1-2H3. The van der Waals surface area contributed by atoms with Gasteiger partial charge in [0.15, 0.2) is 5.78 Å². The van der Waals surface area contributed by atoms with Gasteiger partial charge in [-0.1, -0.05) is 49.9 Å². The third-order valence-corrected chi connectivity index (χ3v) is 7.50. The lowest BCUT2D eigenvalue weighted by Gasteiger charge is -2.28. The molecule has 4 nitrogen and oxygen atoms in total. The van der Waals surface area contributed by atoms with Crippen molar-refractivity contribution in [3.8, 4) is 10.6 Å². The van der Waals surface area contributed by atoms with Gasteiger partial charge in [0.05, 0.1) is 16.6 Å². The van der Waals surface area contributed by atoms with Crippen LogP contribution in [0.3, 0.4) is 0 Å². The van der Waals surface area contributed by atoms with Crippen LogP contribution in [-0.4, -0.2) is 35.9 Å². The van der Waals surface area contributed by atoms with E-state index in [0.29, 0.717) is 6.04 Å². The third-order valence-electron chi connectivity index (χ3n) is 6.29. The number of rotatable bonds is 9. The number of ketones is 1. The topological polar surface area (TPSA) is 54.0 Å². The van der Waals surface area contributed by atoms with Crippen LogP contribution in [0.2, 0.25) is 0 Å². The second-order valence-electron chi connectivity index (χ2n) is 8.73. The van der Waals surface area contributed by atoms with Crippen LogP contribution in [0.5, 0.6) is 0 Å². The van der Waals surface area contributed by atoms with Crippen LogP contribution < -0.4 is 10.6 Å². The zero-order chi connectivity index (χ0) is 20.2. The predicted molar refractivity (Wildman–Crippen MR) is 121 cm³/mol. The quantitative estimate of drug-likeness (QED) is 0.576. The number of hydrogen-bond donors (Lipinski definition) is 2. The van der Waals surface area contributed by atoms with Gasteiger partial charge in [-0.05, 0) is 57.7 Å². The highest BCUT2D eigenvalue weighted by molar-refractivity contribution is 7.17. The summed E-state index contributed by atoms with van der Waals surface area (Å²) in [5.74, 6) is 1.16. The van der Waals surface area contributed by atoms with E-state index in [1.165, 1.54) is 24.8 Å². The summed E-state index contributed by atoms with van der Waals surface area (Å²) in [7, 11) is 0. The predicted octanol–water partition coefficient (Wildman–Crippen LogP) is 4.90. The molecular weight excluding hydrogens is 378 g/mol. The van der Waals surface area contributed by atoms with Gasteiger partial charge in [0.25, 0.3) is 0 Å². The number of aryl methyl sites for hydroxylation is 2. The van der Waals surface area contributed by atoms with Crippen molar-refractivity contribution in [2.75, 3.05) is 13.1 Å². The number of nitrogens with one attached hydrogen (secondary N) is 2. The minimum atomic E-state index is -0.0827. The summed E-state index contributed by atoms with van der Waals surface area (Å²) in [4.78, 5) is 19.2. The van der Waals surface area contributed by atoms with Crippen molar-refractivity contribution < 1.29 is 4.79 Å². The van der Waals surface area contributed by atoms with Crippen LogP contribution in [0.4, 0.5) is 0 Å². The Bertz CT molecular complexity index is 836. The highest BCUT2D eigenvalue weighted by Gasteiger charge is 2.28. The molecule has 0 spiro atoms. The molecule has 2 N–H and O–H groups in total. The Kier molecular flexibility index (Phi) is 6.78. The highest BCUT2D eigenvalue weighted by Crippen LogP contribution is 2.35. The number of hydrogen-bond acceptors (Lipinski definition) is 5. The number of piperidine rings is 1. The van der Waals surface area contributed by atoms with Crippen molar-refractivity contribution in [1.29, 1.82) is 0 Å². The number of carbonyl (C=O) groups excluding carboxylic acids is 1. The zero-order valence-corrected chi connectivity index (χ0v) is 18.5. The SMILES string of the molecule is Cc1ccccc1-c1nc(C)c(C(=O)C(CCCC2CC2)NC2CCNCC2)s1. The number of thiazole rings is 1. The third kappa shape index (κ3) is 5.33. The van der Waals surface area contributed by atoms with Crippen molar-refractivity contribution >= 4 is 17.1 Å². The van der Waals surface area contributed by atoms with E-state index in [0.717, 1.165) is 65.8 Å². The van der Waals surface area contributed by atoms with E-state index < -0.39 is 0 Å². The number of aromatic nitrogens is 1. The van der Waals surface area contributed by atoms with Gasteiger partial charge in [-0.25, -0.2) is 4.98 Å². The molecule has 156 valence electrons. The van der Waals surface area contributed by atoms with E-state index in [9.17, 15) is 4.79 Å². The van der Waals surface area contributed by atoms with Gasteiger partial charge in [0.1, 0.15) is 5.01 Å². The Labute approximate surface area is 178 Å². The first-order valence-corrected chi connectivity index (χ1v) is 12.0. The van der Waals surface area contributed by atoms with Crippen molar-refractivity contribution in [2.45, 2.75) is 70.9 Å². The monoisotopic (exact) mass is 411 g/mol. The molecular formula is C24H33N3OS. The van der Waals surface area contributed by atoms with Gasteiger partial charge in [-0.2, -0.15) is 0 Å². The molecule has 4 rings (SSSR count). The maximum Gasteiger partial charge on any atom is 0.191 e. The van der Waals surface area contributed by atoms with Crippen LogP contribution >= 0.6 is 11.3 Å². The first kappa shape index (κ1) is 20.7. The maximum atomic E-state index is 13.6. The average Bonchev–Trinajstić information content (AvgIpc) is 3.48. The summed E-state index contributed by atoms with van der Waals surface area (Å²) >= 11 is 1.56. The smallest absolute Gasteiger partial charge is 0.191 e. The highest BCUT2D eigenvalue weighted by atomic mass is 32.1. The van der Waals surface area contributed by atoms with E-state index >= 15 is 0 Å². The Hall–Kier alpha value is -1.56. The fourth-order valence-corrected chi connectivity index (χ4v) is 5.44. The molecule has 1 saturated carbocycles. The number of benzene rings is 1. The van der Waals surface area contributed by atoms with Crippen LogP contribution in [0.25, 0.3) is 10.6 Å². The molecule has 0 bridgehead atoms. The van der Waals surface area contributed by atoms with E-state index in [1.54, 1.807) is 11.3 Å². The largest absolute Gasteiger partial charge is 0.317 e. The van der Waals surface area contributed by atoms with Gasteiger partial charge >= 0.3 is 0 Å². The summed E-state index contributed by atoms with van der Waals surface area (Å²) in [6.07, 6.45) is 8.32. The number of nitrogens with zero attached hydrogens (tertiary/aromatic N) is 1. The zero-order valence-electron chi connectivity index (χ0n) is 17.7. The molecule has 2 heterocycles. The fourth-order valence-electron chi connectivity index (χ4n) is 4.29. The molecule has 1 saturated heterocycles. The van der Waals surface area contributed by atoms with Gasteiger partial charge in [-0.15, -0.1) is 11.3 Å². The Morgan fingerprint density at radius 3 is 2.69 bits per heavy atom. The van der Waals surface area contributed by atoms with Crippen LogP contribution in [-0.2, 0) is 0 Å². The van der Waals surface area contributed by atoms with Crippen molar-refractivity contribution in [1.82, 2.24) is 15.6 Å². The molecule has 1 atom stereocenters. The lowest BCUT2D eigenvalue weighted by atomic mass is 9.98. The van der Waals surface area contributed by atoms with E-state index in [2.05, 4.69) is 29.7 Å². The molecule has 1 aliphatic carbocycles. The Morgan fingerprint density at radius 1 is 1.21 bits per heavy atom. The molecule has 2 aliphatic rings. The summed E-state index contributed by atoms with van der Waals surface area (Å²) in [6, 6.07) is 8.65. The lowest BCUT2D eigenvalue weighted by Crippen LogP contribution is -2.47. The molecule has 0 amide bonds. The fraction of sp³-hybridized carbons (Fsp3) is 0.583. The molecule has 1 unspecified atom stereocenters. The minimum absolute atomic E-state index is 0.0827. The second kappa shape index (κ2) is 9.50. The van der Waals surface area contributed by atoms with Crippen molar-refractivity contribution in [3.63, 3.8) is 0 Å². The molecule has 29 heavy (non-hydrogen) atoms. The molecule has 1 aromatic heterocycles. The summed E-state index contributed by atoms with van der Waals surface area (Å²) in [6.45, 7) is 6.17. The van der Waals surface area contributed by atoms with Crippen molar-refractivity contribution in [2.24, 2.45) is 5.92 Å². The second-order valence-corrected chi connectivity index (χ2v) is 9.73. The molecule has 1 aliphatic heterocycles. The van der Waals surface area contributed by atoms with Crippen LogP contribution in [0.1, 0.15) is 65.9 Å². The maximum absolute atomic E-state index is 13.6. The number of Topliss-reactive ketones (excluding diaryl/α,β-unsaturated/α-hetero) is 1. The van der Waals surface area contributed by atoms with E-state index in [1.807, 2.05) is 19.1 Å². The average molecular weight is 412 g/mol. The molecule has 1 aromatic carbocycles. The van der Waals surface area contributed by atoms with E-state index in [-0.39, 0.29) is 11.8 Å².